The lowest BCUT2D eigenvalue weighted by Crippen LogP contribution is -2.12. The summed E-state index contributed by atoms with van der Waals surface area (Å²) in [7, 11) is 0. The van der Waals surface area contributed by atoms with Crippen LogP contribution in [-0.2, 0) is 0 Å². The number of anilines is 1. The minimum Gasteiger partial charge on any atom is -0.507 e. The first-order valence-electron chi connectivity index (χ1n) is 8.03. The zero-order chi connectivity index (χ0) is 16.2. The molecule has 0 unspecified atom stereocenters. The van der Waals surface area contributed by atoms with Crippen LogP contribution >= 0.6 is 0 Å². The van der Waals surface area contributed by atoms with E-state index in [-0.39, 0.29) is 11.3 Å². The largest absolute Gasteiger partial charge is 0.507 e. The van der Waals surface area contributed by atoms with Gasteiger partial charge in [0.15, 0.2) is 0 Å². The van der Waals surface area contributed by atoms with Crippen molar-refractivity contribution in [3.05, 3.63) is 59.4 Å². The Morgan fingerprint density at radius 3 is 2.43 bits per heavy atom. The van der Waals surface area contributed by atoms with Crippen molar-refractivity contribution in [2.24, 2.45) is 0 Å². The first-order chi connectivity index (χ1) is 11.1. The van der Waals surface area contributed by atoms with Crippen molar-refractivity contribution >= 4 is 11.6 Å². The molecule has 0 aromatic heterocycles. The lowest BCUT2D eigenvalue weighted by Gasteiger charge is -2.22. The molecular weight excluding hydrogens is 293 g/mol. The molecular formula is C19H20FNO2. The molecule has 0 radical (unpaired) electrons. The number of nitrogens with one attached hydrogen (secondary N) is 1. The predicted molar refractivity (Wildman–Crippen MR) is 88.3 cm³/mol. The summed E-state index contributed by atoms with van der Waals surface area (Å²) in [6.45, 7) is 0. The van der Waals surface area contributed by atoms with E-state index in [1.807, 2.05) is 24.3 Å². The molecule has 2 N–H and O–H groups in total. The van der Waals surface area contributed by atoms with Gasteiger partial charge in [0.05, 0.1) is 5.56 Å². The second-order valence-corrected chi connectivity index (χ2v) is 6.07. The van der Waals surface area contributed by atoms with Gasteiger partial charge in [-0.3, -0.25) is 4.79 Å². The van der Waals surface area contributed by atoms with E-state index in [2.05, 4.69) is 5.32 Å². The van der Waals surface area contributed by atoms with Crippen LogP contribution in [0.15, 0.2) is 42.5 Å². The van der Waals surface area contributed by atoms with E-state index in [1.54, 1.807) is 0 Å². The van der Waals surface area contributed by atoms with Crippen molar-refractivity contribution < 1.29 is 14.3 Å². The Balaban J connectivity index is 1.70. The zero-order valence-electron chi connectivity index (χ0n) is 12.9. The van der Waals surface area contributed by atoms with Crippen LogP contribution in [0.5, 0.6) is 5.75 Å². The molecule has 0 saturated heterocycles. The fraction of sp³-hybridized carbons (Fsp3) is 0.316. The molecule has 1 fully saturated rings. The topological polar surface area (TPSA) is 49.3 Å². The van der Waals surface area contributed by atoms with E-state index < -0.39 is 11.7 Å². The minimum absolute atomic E-state index is 0.0682. The van der Waals surface area contributed by atoms with Crippen molar-refractivity contribution in [2.45, 2.75) is 38.0 Å². The molecule has 3 nitrogen and oxygen atoms in total. The van der Waals surface area contributed by atoms with Gasteiger partial charge in [-0.2, -0.15) is 0 Å². The highest BCUT2D eigenvalue weighted by Crippen LogP contribution is 2.33. The molecule has 23 heavy (non-hydrogen) atoms. The summed E-state index contributed by atoms with van der Waals surface area (Å²) in [6.07, 6.45) is 6.33. The van der Waals surface area contributed by atoms with Crippen molar-refractivity contribution in [3.8, 4) is 5.75 Å². The standard InChI is InChI=1S/C19H20FNO2/c20-15-8-11-18(22)17(12-15)19(23)21-16-9-6-14(7-10-16)13-4-2-1-3-5-13/h6-13,22H,1-5H2,(H,21,23). The first kappa shape index (κ1) is 15.5. The van der Waals surface area contributed by atoms with Crippen molar-refractivity contribution in [1.82, 2.24) is 0 Å². The van der Waals surface area contributed by atoms with E-state index in [1.165, 1.54) is 43.7 Å². The molecule has 1 amide bonds. The molecule has 4 heteroatoms. The van der Waals surface area contributed by atoms with Gasteiger partial charge in [0.25, 0.3) is 5.91 Å². The second kappa shape index (κ2) is 6.82. The molecule has 0 atom stereocenters. The first-order valence-corrected chi connectivity index (χ1v) is 8.03. The molecule has 1 aliphatic rings. The van der Waals surface area contributed by atoms with E-state index in [9.17, 15) is 14.3 Å². The number of phenolic OH excluding ortho intramolecular Hbond substituents is 1. The Hall–Kier alpha value is -2.36. The van der Waals surface area contributed by atoms with E-state index in [0.29, 0.717) is 11.6 Å². The average molecular weight is 313 g/mol. The van der Waals surface area contributed by atoms with Gasteiger partial charge >= 0.3 is 0 Å². The van der Waals surface area contributed by atoms with E-state index >= 15 is 0 Å². The number of halogens is 1. The lowest BCUT2D eigenvalue weighted by molar-refractivity contribution is 0.102. The Bertz CT molecular complexity index is 691. The van der Waals surface area contributed by atoms with Crippen LogP contribution in [0.2, 0.25) is 0 Å². The fourth-order valence-electron chi connectivity index (χ4n) is 3.16. The number of hydrogen-bond donors (Lipinski definition) is 2. The smallest absolute Gasteiger partial charge is 0.259 e. The molecule has 0 aliphatic heterocycles. The number of carbonyl (C=O) groups excluding carboxylic acids is 1. The van der Waals surface area contributed by atoms with Crippen LogP contribution < -0.4 is 5.32 Å². The Kier molecular flexibility index (Phi) is 4.60. The second-order valence-electron chi connectivity index (χ2n) is 6.07. The predicted octanol–water partition coefficient (Wildman–Crippen LogP) is 4.83. The highest BCUT2D eigenvalue weighted by Gasteiger charge is 2.16. The Labute approximate surface area is 135 Å². The number of amides is 1. The average Bonchev–Trinajstić information content (AvgIpc) is 2.58. The summed E-state index contributed by atoms with van der Waals surface area (Å²) in [5, 5.41) is 12.4. The summed E-state index contributed by atoms with van der Waals surface area (Å²) < 4.78 is 13.2. The van der Waals surface area contributed by atoms with Crippen LogP contribution in [0, 0.1) is 5.82 Å². The Morgan fingerprint density at radius 2 is 1.74 bits per heavy atom. The third-order valence-corrected chi connectivity index (χ3v) is 4.45. The van der Waals surface area contributed by atoms with Gasteiger partial charge in [0, 0.05) is 5.69 Å². The molecule has 1 saturated carbocycles. The summed E-state index contributed by atoms with van der Waals surface area (Å²) in [6, 6.07) is 11.1. The molecule has 120 valence electrons. The molecule has 0 heterocycles. The molecule has 2 aromatic carbocycles. The summed E-state index contributed by atoms with van der Waals surface area (Å²) in [5.74, 6) is -0.698. The number of rotatable bonds is 3. The zero-order valence-corrected chi connectivity index (χ0v) is 12.9. The molecule has 3 rings (SSSR count). The summed E-state index contributed by atoms with van der Waals surface area (Å²) >= 11 is 0. The lowest BCUT2D eigenvalue weighted by atomic mass is 9.84. The van der Waals surface area contributed by atoms with Gasteiger partial charge in [0.2, 0.25) is 0 Å². The molecule has 1 aliphatic carbocycles. The van der Waals surface area contributed by atoms with Gasteiger partial charge in [-0.1, -0.05) is 31.4 Å². The third kappa shape index (κ3) is 3.70. The van der Waals surface area contributed by atoms with Gasteiger partial charge in [-0.05, 0) is 54.7 Å². The van der Waals surface area contributed by atoms with Gasteiger partial charge in [0.1, 0.15) is 11.6 Å². The van der Waals surface area contributed by atoms with Gasteiger partial charge < -0.3 is 10.4 Å². The SMILES string of the molecule is O=C(Nc1ccc(C2CCCCC2)cc1)c1cc(F)ccc1O. The molecule has 0 bridgehead atoms. The normalized spacial score (nSPS) is 15.3. The maximum Gasteiger partial charge on any atom is 0.259 e. The van der Waals surface area contributed by atoms with Gasteiger partial charge in [-0.25, -0.2) is 4.39 Å². The number of hydrogen-bond acceptors (Lipinski definition) is 2. The van der Waals surface area contributed by atoms with E-state index in [4.69, 9.17) is 0 Å². The highest BCUT2D eigenvalue weighted by atomic mass is 19.1. The van der Waals surface area contributed by atoms with Crippen LogP contribution in [-0.4, -0.2) is 11.0 Å². The monoisotopic (exact) mass is 313 g/mol. The number of aromatic hydroxyl groups is 1. The number of carbonyl (C=O) groups is 1. The highest BCUT2D eigenvalue weighted by molar-refractivity contribution is 6.06. The number of phenols is 1. The van der Waals surface area contributed by atoms with Crippen molar-refractivity contribution in [2.75, 3.05) is 5.32 Å². The quantitative estimate of drug-likeness (QED) is 0.852. The summed E-state index contributed by atoms with van der Waals surface area (Å²) in [5.41, 5.74) is 1.87. The minimum atomic E-state index is -0.555. The fourth-order valence-corrected chi connectivity index (χ4v) is 3.16. The van der Waals surface area contributed by atoms with E-state index in [0.717, 1.165) is 12.1 Å². The van der Waals surface area contributed by atoms with Crippen molar-refractivity contribution in [1.29, 1.82) is 0 Å². The maximum absolute atomic E-state index is 13.2. The maximum atomic E-state index is 13.2. The summed E-state index contributed by atoms with van der Waals surface area (Å²) in [4.78, 5) is 12.1. The van der Waals surface area contributed by atoms with Crippen LogP contribution in [0.4, 0.5) is 10.1 Å². The number of benzene rings is 2. The van der Waals surface area contributed by atoms with Crippen LogP contribution in [0.3, 0.4) is 0 Å². The molecule has 0 spiro atoms. The molecule has 2 aromatic rings. The Morgan fingerprint density at radius 1 is 1.04 bits per heavy atom. The van der Waals surface area contributed by atoms with Crippen LogP contribution in [0.25, 0.3) is 0 Å². The third-order valence-electron chi connectivity index (χ3n) is 4.45. The van der Waals surface area contributed by atoms with Crippen LogP contribution in [0.1, 0.15) is 53.9 Å². The van der Waals surface area contributed by atoms with Gasteiger partial charge in [-0.15, -0.1) is 0 Å². The van der Waals surface area contributed by atoms with Crippen molar-refractivity contribution in [3.63, 3.8) is 0 Å².